The highest BCUT2D eigenvalue weighted by Gasteiger charge is 2.14. The summed E-state index contributed by atoms with van der Waals surface area (Å²) in [4.78, 5) is 8.76. The fourth-order valence-electron chi connectivity index (χ4n) is 2.22. The lowest BCUT2D eigenvalue weighted by molar-refractivity contribution is 0.305. The van der Waals surface area contributed by atoms with Crippen LogP contribution in [-0.4, -0.2) is 56.6 Å². The maximum Gasteiger partial charge on any atom is 0.191 e. The second-order valence-electron chi connectivity index (χ2n) is 5.12. The number of nitrogens with two attached hydrogens (primary N) is 1. The monoisotopic (exact) mass is 420 g/mol. The Hall–Kier alpha value is -1.02. The molecule has 0 saturated carbocycles. The summed E-state index contributed by atoms with van der Waals surface area (Å²) in [6.07, 6.45) is 0. The molecule has 0 aliphatic rings. The van der Waals surface area contributed by atoms with E-state index in [0.717, 1.165) is 18.8 Å². The van der Waals surface area contributed by atoms with E-state index in [0.29, 0.717) is 12.5 Å². The van der Waals surface area contributed by atoms with Gasteiger partial charge in [0.25, 0.3) is 0 Å². The van der Waals surface area contributed by atoms with Gasteiger partial charge in [-0.15, -0.1) is 24.0 Å². The lowest BCUT2D eigenvalue weighted by Gasteiger charge is -2.25. The number of ether oxygens (including phenoxy) is 1. The van der Waals surface area contributed by atoms with Crippen LogP contribution in [0.25, 0.3) is 0 Å². The van der Waals surface area contributed by atoms with Gasteiger partial charge in [-0.05, 0) is 45.6 Å². The molecule has 0 amide bonds. The topological polar surface area (TPSA) is 54.1 Å². The van der Waals surface area contributed by atoms with E-state index in [1.165, 1.54) is 5.56 Å². The number of rotatable bonds is 7. The van der Waals surface area contributed by atoms with E-state index in [4.69, 9.17) is 10.5 Å². The van der Waals surface area contributed by atoms with E-state index in [9.17, 15) is 0 Å². The Balaban J connectivity index is 0.00000441. The van der Waals surface area contributed by atoms with Crippen molar-refractivity contribution in [3.63, 3.8) is 0 Å². The minimum atomic E-state index is 0. The standard InChI is InChI=1S/C16H28N4O.HI/c1-6-20(7-2)16(17)18-12-15(19(3)4)13-8-10-14(21-5)11-9-13;/h8-11,15H,6-7,12H2,1-5H3,(H2,17,18);1H. The van der Waals surface area contributed by atoms with Gasteiger partial charge in [0.15, 0.2) is 5.96 Å². The second kappa shape index (κ2) is 10.7. The number of benzene rings is 1. The van der Waals surface area contributed by atoms with Gasteiger partial charge in [0.2, 0.25) is 0 Å². The number of hydrogen-bond donors (Lipinski definition) is 1. The van der Waals surface area contributed by atoms with E-state index in [2.05, 4.69) is 54.9 Å². The van der Waals surface area contributed by atoms with E-state index in [-0.39, 0.29) is 30.0 Å². The molecule has 5 nitrogen and oxygen atoms in total. The van der Waals surface area contributed by atoms with Crippen molar-refractivity contribution in [2.75, 3.05) is 40.8 Å². The first-order valence-corrected chi connectivity index (χ1v) is 7.38. The molecule has 1 unspecified atom stereocenters. The summed E-state index contributed by atoms with van der Waals surface area (Å²) in [6.45, 7) is 6.56. The summed E-state index contributed by atoms with van der Waals surface area (Å²) in [6, 6.07) is 8.30. The molecule has 0 aromatic heterocycles. The quantitative estimate of drug-likeness (QED) is 0.419. The normalized spacial score (nSPS) is 12.7. The molecule has 0 aliphatic carbocycles. The number of methoxy groups -OCH3 is 1. The maximum absolute atomic E-state index is 6.05. The Morgan fingerprint density at radius 1 is 1.18 bits per heavy atom. The molecule has 126 valence electrons. The first-order chi connectivity index (χ1) is 10.0. The molecule has 2 N–H and O–H groups in total. The summed E-state index contributed by atoms with van der Waals surface area (Å²) in [7, 11) is 5.78. The third-order valence-electron chi connectivity index (χ3n) is 3.64. The zero-order valence-corrected chi connectivity index (χ0v) is 16.6. The van der Waals surface area contributed by atoms with Gasteiger partial charge in [-0.2, -0.15) is 0 Å². The average molecular weight is 420 g/mol. The van der Waals surface area contributed by atoms with Crippen LogP contribution >= 0.6 is 24.0 Å². The van der Waals surface area contributed by atoms with Crippen molar-refractivity contribution in [2.45, 2.75) is 19.9 Å². The zero-order chi connectivity index (χ0) is 15.8. The van der Waals surface area contributed by atoms with E-state index in [1.54, 1.807) is 7.11 Å². The third kappa shape index (κ3) is 6.00. The highest BCUT2D eigenvalue weighted by molar-refractivity contribution is 14.0. The fourth-order valence-corrected chi connectivity index (χ4v) is 2.22. The molecule has 0 bridgehead atoms. The number of guanidine groups is 1. The Bertz CT molecular complexity index is 444. The Kier molecular flexibility index (Phi) is 10.2. The summed E-state index contributed by atoms with van der Waals surface area (Å²) in [5.74, 6) is 1.47. The molecule has 0 heterocycles. The fraction of sp³-hybridized carbons (Fsp3) is 0.562. The molecule has 0 aliphatic heterocycles. The molecule has 1 atom stereocenters. The van der Waals surface area contributed by atoms with Crippen LogP contribution in [0.15, 0.2) is 29.3 Å². The predicted molar refractivity (Wildman–Crippen MR) is 104 cm³/mol. The molecule has 0 fully saturated rings. The smallest absolute Gasteiger partial charge is 0.191 e. The summed E-state index contributed by atoms with van der Waals surface area (Å²) >= 11 is 0. The number of likely N-dealkylation sites (N-methyl/N-ethyl adjacent to an activating group) is 1. The minimum Gasteiger partial charge on any atom is -0.497 e. The first-order valence-electron chi connectivity index (χ1n) is 7.38. The van der Waals surface area contributed by atoms with Crippen LogP contribution in [0.1, 0.15) is 25.5 Å². The second-order valence-corrected chi connectivity index (χ2v) is 5.12. The average Bonchev–Trinajstić information content (AvgIpc) is 2.49. The van der Waals surface area contributed by atoms with Crippen molar-refractivity contribution in [1.29, 1.82) is 0 Å². The van der Waals surface area contributed by atoms with Crippen LogP contribution < -0.4 is 10.5 Å². The number of nitrogens with zero attached hydrogens (tertiary/aromatic N) is 3. The van der Waals surface area contributed by atoms with Gasteiger partial charge in [-0.1, -0.05) is 12.1 Å². The van der Waals surface area contributed by atoms with Gasteiger partial charge in [-0.3, -0.25) is 4.99 Å². The molecular weight excluding hydrogens is 391 g/mol. The molecule has 0 radical (unpaired) electrons. The van der Waals surface area contributed by atoms with Crippen LogP contribution in [0.3, 0.4) is 0 Å². The lowest BCUT2D eigenvalue weighted by atomic mass is 10.1. The van der Waals surface area contributed by atoms with Crippen LogP contribution in [0.4, 0.5) is 0 Å². The number of aliphatic imine (C=N–C) groups is 1. The molecule has 0 spiro atoms. The van der Waals surface area contributed by atoms with Crippen molar-refractivity contribution in [1.82, 2.24) is 9.80 Å². The lowest BCUT2D eigenvalue weighted by Crippen LogP contribution is -2.37. The summed E-state index contributed by atoms with van der Waals surface area (Å²) < 4.78 is 5.20. The van der Waals surface area contributed by atoms with Crippen LogP contribution in [0, 0.1) is 0 Å². The number of hydrogen-bond acceptors (Lipinski definition) is 3. The van der Waals surface area contributed by atoms with E-state index in [1.807, 2.05) is 12.1 Å². The highest BCUT2D eigenvalue weighted by atomic mass is 127. The SMILES string of the molecule is CCN(CC)C(N)=NCC(c1ccc(OC)cc1)N(C)C.I. The van der Waals surface area contributed by atoms with Crippen LogP contribution in [-0.2, 0) is 0 Å². The van der Waals surface area contributed by atoms with Crippen LogP contribution in [0.2, 0.25) is 0 Å². The van der Waals surface area contributed by atoms with Crippen molar-refractivity contribution >= 4 is 29.9 Å². The molecular formula is C16H29IN4O. The summed E-state index contributed by atoms with van der Waals surface area (Å²) in [5, 5.41) is 0. The van der Waals surface area contributed by atoms with Crippen molar-refractivity contribution in [3.05, 3.63) is 29.8 Å². The van der Waals surface area contributed by atoms with E-state index >= 15 is 0 Å². The van der Waals surface area contributed by atoms with Gasteiger partial charge in [-0.25, -0.2) is 0 Å². The Morgan fingerprint density at radius 3 is 2.14 bits per heavy atom. The first kappa shape index (κ1) is 21.0. The van der Waals surface area contributed by atoms with Crippen LogP contribution in [0.5, 0.6) is 5.75 Å². The molecule has 22 heavy (non-hydrogen) atoms. The highest BCUT2D eigenvalue weighted by Crippen LogP contribution is 2.21. The Morgan fingerprint density at radius 2 is 1.73 bits per heavy atom. The van der Waals surface area contributed by atoms with Gasteiger partial charge < -0.3 is 20.3 Å². The Labute approximate surface area is 151 Å². The van der Waals surface area contributed by atoms with Crippen molar-refractivity contribution in [2.24, 2.45) is 10.7 Å². The van der Waals surface area contributed by atoms with Crippen molar-refractivity contribution in [3.8, 4) is 5.75 Å². The maximum atomic E-state index is 6.05. The number of halogens is 1. The van der Waals surface area contributed by atoms with Gasteiger partial charge in [0.1, 0.15) is 5.75 Å². The largest absolute Gasteiger partial charge is 0.497 e. The van der Waals surface area contributed by atoms with Crippen molar-refractivity contribution < 1.29 is 4.74 Å². The predicted octanol–water partition coefficient (Wildman–Crippen LogP) is 2.57. The van der Waals surface area contributed by atoms with Gasteiger partial charge in [0.05, 0.1) is 19.7 Å². The molecule has 6 heteroatoms. The zero-order valence-electron chi connectivity index (χ0n) is 14.2. The molecule has 1 aromatic carbocycles. The van der Waals surface area contributed by atoms with Gasteiger partial charge in [0, 0.05) is 13.1 Å². The molecule has 1 aromatic rings. The summed E-state index contributed by atoms with van der Waals surface area (Å²) in [5.41, 5.74) is 7.25. The molecule has 0 saturated heterocycles. The third-order valence-corrected chi connectivity index (χ3v) is 3.64. The molecule has 1 rings (SSSR count). The van der Waals surface area contributed by atoms with E-state index < -0.39 is 0 Å². The van der Waals surface area contributed by atoms with Gasteiger partial charge >= 0.3 is 0 Å². The minimum absolute atomic E-state index is 0.